The van der Waals surface area contributed by atoms with Crippen LogP contribution in [0.1, 0.15) is 44.4 Å². The molecule has 1 heterocycles. The van der Waals surface area contributed by atoms with E-state index in [1.807, 2.05) is 6.07 Å². The molecule has 0 saturated carbocycles. The first kappa shape index (κ1) is 14.9. The van der Waals surface area contributed by atoms with Gasteiger partial charge in [-0.1, -0.05) is 57.2 Å². The summed E-state index contributed by atoms with van der Waals surface area (Å²) in [5.74, 6) is 0.988. The summed E-state index contributed by atoms with van der Waals surface area (Å²) in [4.78, 5) is 0. The van der Waals surface area contributed by atoms with Crippen LogP contribution in [0.2, 0.25) is 0 Å². The number of hydrogen-bond donors (Lipinski definition) is 0. The van der Waals surface area contributed by atoms with Crippen molar-refractivity contribution in [2.45, 2.75) is 41.2 Å². The lowest BCUT2D eigenvalue weighted by Crippen LogP contribution is -2.10. The molecular weight excluding hydrogens is 268 g/mol. The minimum Gasteiger partial charge on any atom is -0.488 e. The number of aryl methyl sites for hydroxylation is 1. The van der Waals surface area contributed by atoms with Gasteiger partial charge in [-0.15, -0.1) is 0 Å². The second kappa shape index (κ2) is 5.31. The van der Waals surface area contributed by atoms with Gasteiger partial charge in [0.15, 0.2) is 0 Å². The van der Waals surface area contributed by atoms with E-state index >= 15 is 0 Å². The first-order chi connectivity index (χ1) is 10.4. The summed E-state index contributed by atoms with van der Waals surface area (Å²) >= 11 is 0. The zero-order valence-electron chi connectivity index (χ0n) is 14.2. The second-order valence-corrected chi connectivity index (χ2v) is 7.26. The lowest BCUT2D eigenvalue weighted by Gasteiger charge is -2.25. The SMILES string of the molecule is C/C(=C/C(C)(C)C)c1c(C)ccc2c1COc1ccccc1-2. The van der Waals surface area contributed by atoms with Crippen LogP contribution in [-0.2, 0) is 6.61 Å². The average molecular weight is 292 g/mol. The molecule has 0 amide bonds. The van der Waals surface area contributed by atoms with Crippen LogP contribution in [0.15, 0.2) is 42.5 Å². The second-order valence-electron chi connectivity index (χ2n) is 7.26. The third-order valence-electron chi connectivity index (χ3n) is 4.11. The Labute approximate surface area is 133 Å². The summed E-state index contributed by atoms with van der Waals surface area (Å²) in [7, 11) is 0. The summed E-state index contributed by atoms with van der Waals surface area (Å²) in [5, 5.41) is 0. The van der Waals surface area contributed by atoms with Gasteiger partial charge in [-0.25, -0.2) is 0 Å². The topological polar surface area (TPSA) is 9.23 Å². The molecule has 3 rings (SSSR count). The van der Waals surface area contributed by atoms with E-state index in [0.717, 1.165) is 5.75 Å². The van der Waals surface area contributed by atoms with E-state index in [-0.39, 0.29) is 5.41 Å². The predicted octanol–water partition coefficient (Wildman–Crippen LogP) is 6.00. The molecule has 0 N–H and O–H groups in total. The van der Waals surface area contributed by atoms with Crippen LogP contribution in [0, 0.1) is 12.3 Å². The van der Waals surface area contributed by atoms with Crippen LogP contribution in [0.3, 0.4) is 0 Å². The molecule has 1 aliphatic rings. The number of fused-ring (bicyclic) bond motifs is 3. The molecule has 0 spiro atoms. The molecule has 0 unspecified atom stereocenters. The Morgan fingerprint density at radius 1 is 1.05 bits per heavy atom. The van der Waals surface area contributed by atoms with Crippen molar-refractivity contribution in [2.75, 3.05) is 0 Å². The Hall–Kier alpha value is -2.02. The maximum atomic E-state index is 6.00. The normalized spacial score (nSPS) is 14.1. The van der Waals surface area contributed by atoms with E-state index in [0.29, 0.717) is 6.61 Å². The van der Waals surface area contributed by atoms with Gasteiger partial charge in [-0.05, 0) is 47.6 Å². The van der Waals surface area contributed by atoms with Crippen molar-refractivity contribution in [3.8, 4) is 16.9 Å². The van der Waals surface area contributed by atoms with Crippen molar-refractivity contribution in [1.82, 2.24) is 0 Å². The Bertz CT molecular complexity index is 745. The Morgan fingerprint density at radius 3 is 2.50 bits per heavy atom. The maximum Gasteiger partial charge on any atom is 0.127 e. The van der Waals surface area contributed by atoms with Crippen molar-refractivity contribution in [3.05, 3.63) is 59.2 Å². The van der Waals surface area contributed by atoms with E-state index < -0.39 is 0 Å². The molecule has 0 radical (unpaired) electrons. The fourth-order valence-corrected chi connectivity index (χ4v) is 3.40. The number of benzene rings is 2. The van der Waals surface area contributed by atoms with Crippen LogP contribution in [-0.4, -0.2) is 0 Å². The molecule has 2 aromatic rings. The molecule has 0 atom stereocenters. The van der Waals surface area contributed by atoms with Crippen LogP contribution in [0.5, 0.6) is 5.75 Å². The molecule has 1 aliphatic heterocycles. The van der Waals surface area contributed by atoms with Gasteiger partial charge in [-0.3, -0.25) is 0 Å². The number of para-hydroxylation sites is 1. The van der Waals surface area contributed by atoms with Gasteiger partial charge in [0.25, 0.3) is 0 Å². The fourth-order valence-electron chi connectivity index (χ4n) is 3.40. The van der Waals surface area contributed by atoms with Gasteiger partial charge in [0.05, 0.1) is 0 Å². The van der Waals surface area contributed by atoms with Crippen LogP contribution in [0.25, 0.3) is 16.7 Å². The highest BCUT2D eigenvalue weighted by Gasteiger charge is 2.21. The average Bonchev–Trinajstić information content (AvgIpc) is 2.44. The third-order valence-corrected chi connectivity index (χ3v) is 4.11. The van der Waals surface area contributed by atoms with Crippen molar-refractivity contribution in [2.24, 2.45) is 5.41 Å². The molecule has 0 saturated heterocycles. The largest absolute Gasteiger partial charge is 0.488 e. The Balaban J connectivity index is 2.21. The molecule has 0 aliphatic carbocycles. The molecule has 22 heavy (non-hydrogen) atoms. The summed E-state index contributed by atoms with van der Waals surface area (Å²) in [6.45, 7) is 11.8. The van der Waals surface area contributed by atoms with E-state index in [9.17, 15) is 0 Å². The molecular formula is C21H24O. The highest BCUT2D eigenvalue weighted by molar-refractivity contribution is 5.82. The quantitative estimate of drug-likeness (QED) is 0.626. The van der Waals surface area contributed by atoms with Crippen molar-refractivity contribution < 1.29 is 4.74 Å². The van der Waals surface area contributed by atoms with Crippen molar-refractivity contribution in [3.63, 3.8) is 0 Å². The molecule has 1 nitrogen and oxygen atoms in total. The van der Waals surface area contributed by atoms with Crippen molar-refractivity contribution in [1.29, 1.82) is 0 Å². The smallest absolute Gasteiger partial charge is 0.127 e. The molecule has 0 fully saturated rings. The lowest BCUT2D eigenvalue weighted by atomic mass is 9.85. The van der Waals surface area contributed by atoms with Gasteiger partial charge in [0, 0.05) is 11.1 Å². The Morgan fingerprint density at radius 2 is 1.77 bits per heavy atom. The number of ether oxygens (including phenoxy) is 1. The van der Waals surface area contributed by atoms with E-state index in [1.54, 1.807) is 0 Å². The summed E-state index contributed by atoms with van der Waals surface area (Å²) in [6.07, 6.45) is 2.36. The minimum atomic E-state index is 0.173. The summed E-state index contributed by atoms with van der Waals surface area (Å²) in [6, 6.07) is 12.8. The van der Waals surface area contributed by atoms with Crippen molar-refractivity contribution >= 4 is 5.57 Å². The number of allylic oxidation sites excluding steroid dienone is 2. The highest BCUT2D eigenvalue weighted by Crippen LogP contribution is 2.41. The third kappa shape index (κ3) is 2.68. The fraction of sp³-hybridized carbons (Fsp3) is 0.333. The van der Waals surface area contributed by atoms with E-state index in [1.165, 1.54) is 33.4 Å². The van der Waals surface area contributed by atoms with Crippen LogP contribution < -0.4 is 4.74 Å². The summed E-state index contributed by atoms with van der Waals surface area (Å²) in [5.41, 5.74) is 8.01. The number of hydrogen-bond acceptors (Lipinski definition) is 1. The summed E-state index contributed by atoms with van der Waals surface area (Å²) < 4.78 is 6.00. The van der Waals surface area contributed by atoms with Gasteiger partial charge in [-0.2, -0.15) is 0 Å². The lowest BCUT2D eigenvalue weighted by molar-refractivity contribution is 0.302. The van der Waals surface area contributed by atoms with E-state index in [4.69, 9.17) is 4.74 Å². The molecule has 114 valence electrons. The van der Waals surface area contributed by atoms with Gasteiger partial charge in [0.2, 0.25) is 0 Å². The van der Waals surface area contributed by atoms with Crippen LogP contribution >= 0.6 is 0 Å². The predicted molar refractivity (Wildman–Crippen MR) is 94.1 cm³/mol. The first-order valence-electron chi connectivity index (χ1n) is 7.91. The maximum absolute atomic E-state index is 6.00. The number of rotatable bonds is 1. The Kier molecular flexibility index (Phi) is 3.60. The zero-order chi connectivity index (χ0) is 15.9. The zero-order valence-corrected chi connectivity index (χ0v) is 14.2. The van der Waals surface area contributed by atoms with Gasteiger partial charge >= 0.3 is 0 Å². The first-order valence-corrected chi connectivity index (χ1v) is 7.91. The molecule has 0 bridgehead atoms. The highest BCUT2D eigenvalue weighted by atomic mass is 16.5. The van der Waals surface area contributed by atoms with Gasteiger partial charge in [0.1, 0.15) is 12.4 Å². The van der Waals surface area contributed by atoms with Gasteiger partial charge < -0.3 is 4.74 Å². The minimum absolute atomic E-state index is 0.173. The standard InChI is InChI=1S/C21H24O/c1-14-10-11-16-17-8-6-7-9-19(17)22-13-18(16)20(14)15(2)12-21(3,4)5/h6-12H,13H2,1-5H3/b15-12-. The monoisotopic (exact) mass is 292 g/mol. The molecule has 2 aromatic carbocycles. The molecule has 0 aromatic heterocycles. The molecule has 1 heteroatoms. The van der Waals surface area contributed by atoms with E-state index in [2.05, 4.69) is 71.0 Å². The van der Waals surface area contributed by atoms with Crippen LogP contribution in [0.4, 0.5) is 0 Å².